The fraction of sp³-hybridized carbons (Fsp3) is 0.545. The second-order valence-corrected chi connectivity index (χ2v) is 9.05. The molecule has 0 bridgehead atoms. The van der Waals surface area contributed by atoms with Crippen LogP contribution in [0.4, 0.5) is 0 Å². The number of esters is 2. The van der Waals surface area contributed by atoms with Crippen LogP contribution >= 0.6 is 23.5 Å². The Labute approximate surface area is 196 Å². The largest absolute Gasteiger partial charge is 0.460 e. The average molecular weight is 487 g/mol. The number of aliphatic hydroxyl groups excluding tert-OH is 2. The molecule has 0 spiro atoms. The minimum Gasteiger partial charge on any atom is -0.460 e. The number of furan rings is 2. The molecule has 2 rings (SSSR count). The zero-order chi connectivity index (χ0) is 23.7. The normalized spacial score (nSPS) is 13.1. The van der Waals surface area contributed by atoms with Gasteiger partial charge in [0.2, 0.25) is 11.5 Å². The van der Waals surface area contributed by atoms with E-state index in [0.29, 0.717) is 34.5 Å². The topological polar surface area (TPSA) is 119 Å². The number of thioether (sulfide) groups is 2. The van der Waals surface area contributed by atoms with Crippen LogP contribution in [0.25, 0.3) is 0 Å². The molecule has 2 heterocycles. The van der Waals surface area contributed by atoms with E-state index in [4.69, 9.17) is 18.3 Å². The van der Waals surface area contributed by atoms with Crippen molar-refractivity contribution in [2.24, 2.45) is 0 Å². The monoisotopic (exact) mass is 486 g/mol. The Balaban J connectivity index is 1.74. The second kappa shape index (κ2) is 13.0. The molecule has 0 aliphatic heterocycles. The lowest BCUT2D eigenvalue weighted by Gasteiger charge is -2.17. The molecule has 178 valence electrons. The number of carbonyl (C=O) groups excluding carboxylic acids is 2. The first-order chi connectivity index (χ1) is 15.3. The molecule has 2 aromatic rings. The molecule has 0 aliphatic carbocycles. The molecule has 0 aliphatic rings. The van der Waals surface area contributed by atoms with Crippen molar-refractivity contribution < 1.29 is 38.1 Å². The predicted octanol–water partition coefficient (Wildman–Crippen LogP) is 3.73. The van der Waals surface area contributed by atoms with E-state index >= 15 is 0 Å². The van der Waals surface area contributed by atoms with Crippen molar-refractivity contribution in [1.29, 1.82) is 0 Å². The summed E-state index contributed by atoms with van der Waals surface area (Å²) in [6.07, 6.45) is -1.80. The van der Waals surface area contributed by atoms with E-state index in [1.165, 1.54) is 23.5 Å². The third kappa shape index (κ3) is 7.61. The van der Waals surface area contributed by atoms with Crippen LogP contribution in [0.5, 0.6) is 0 Å². The Morgan fingerprint density at radius 3 is 1.56 bits per heavy atom. The van der Waals surface area contributed by atoms with Gasteiger partial charge in [-0.25, -0.2) is 9.59 Å². The molecule has 0 amide bonds. The van der Waals surface area contributed by atoms with Gasteiger partial charge in [0.25, 0.3) is 0 Å². The molecule has 0 saturated heterocycles. The minimum absolute atomic E-state index is 0.164. The Kier molecular flexibility index (Phi) is 10.7. The first kappa shape index (κ1) is 26.4. The van der Waals surface area contributed by atoms with Crippen LogP contribution in [0.2, 0.25) is 0 Å². The van der Waals surface area contributed by atoms with Crippen molar-refractivity contribution in [2.45, 2.75) is 51.4 Å². The Bertz CT molecular complexity index is 816. The summed E-state index contributed by atoms with van der Waals surface area (Å²) in [7, 11) is 0. The molecular weight excluding hydrogens is 456 g/mol. The molecule has 10 heteroatoms. The fourth-order valence-corrected chi connectivity index (χ4v) is 4.91. The molecule has 32 heavy (non-hydrogen) atoms. The van der Waals surface area contributed by atoms with Gasteiger partial charge < -0.3 is 28.5 Å². The number of carbonyl (C=O) groups is 2. The van der Waals surface area contributed by atoms with Crippen molar-refractivity contribution in [2.75, 3.05) is 24.7 Å². The van der Waals surface area contributed by atoms with Crippen LogP contribution in [-0.4, -0.2) is 59.1 Å². The summed E-state index contributed by atoms with van der Waals surface area (Å²) in [4.78, 5) is 23.5. The maximum atomic E-state index is 11.7. The van der Waals surface area contributed by atoms with Crippen LogP contribution in [-0.2, 0) is 21.0 Å². The van der Waals surface area contributed by atoms with Gasteiger partial charge in [0.15, 0.2) is 0 Å². The van der Waals surface area contributed by atoms with Gasteiger partial charge in [-0.2, -0.15) is 23.5 Å². The Morgan fingerprint density at radius 1 is 0.844 bits per heavy atom. The zero-order valence-corrected chi connectivity index (χ0v) is 20.3. The van der Waals surface area contributed by atoms with E-state index in [1.54, 1.807) is 39.8 Å². The van der Waals surface area contributed by atoms with E-state index in [1.807, 2.05) is 0 Å². The molecule has 0 saturated carbocycles. The van der Waals surface area contributed by atoms with Crippen LogP contribution in [0.3, 0.4) is 0 Å². The van der Waals surface area contributed by atoms with Crippen molar-refractivity contribution in [3.63, 3.8) is 0 Å². The number of aryl methyl sites for hydroxylation is 2. The number of ether oxygens (including phenoxy) is 2. The quantitative estimate of drug-likeness (QED) is 0.405. The summed E-state index contributed by atoms with van der Waals surface area (Å²) in [6, 6.07) is 3.30. The van der Waals surface area contributed by atoms with Crippen LogP contribution in [0, 0.1) is 13.8 Å². The predicted molar refractivity (Wildman–Crippen MR) is 123 cm³/mol. The SMILES string of the molecule is CCOC(=O)c1cc(CSC[C@@H](O)[C@H](O)CSCc2cc(C(=O)OCC)oc2C)c(C)o1. The van der Waals surface area contributed by atoms with Gasteiger partial charge in [0, 0.05) is 34.1 Å². The highest BCUT2D eigenvalue weighted by molar-refractivity contribution is 7.98. The molecule has 0 radical (unpaired) electrons. The van der Waals surface area contributed by atoms with Gasteiger partial charge in [-0.05, 0) is 39.8 Å². The van der Waals surface area contributed by atoms with E-state index in [-0.39, 0.29) is 24.7 Å². The molecule has 2 aromatic heterocycles. The number of aliphatic hydroxyl groups is 2. The van der Waals surface area contributed by atoms with Gasteiger partial charge in [-0.15, -0.1) is 0 Å². The zero-order valence-electron chi connectivity index (χ0n) is 18.7. The first-order valence-corrected chi connectivity index (χ1v) is 12.6. The van der Waals surface area contributed by atoms with Gasteiger partial charge in [0.05, 0.1) is 25.4 Å². The van der Waals surface area contributed by atoms with E-state index in [2.05, 4.69) is 0 Å². The number of hydrogen-bond acceptors (Lipinski definition) is 10. The van der Waals surface area contributed by atoms with Gasteiger partial charge in [0.1, 0.15) is 11.5 Å². The van der Waals surface area contributed by atoms with Crippen molar-refractivity contribution in [3.8, 4) is 0 Å². The smallest absolute Gasteiger partial charge is 0.374 e. The highest BCUT2D eigenvalue weighted by Gasteiger charge is 2.20. The average Bonchev–Trinajstić information content (AvgIpc) is 3.31. The van der Waals surface area contributed by atoms with Crippen molar-refractivity contribution in [1.82, 2.24) is 0 Å². The van der Waals surface area contributed by atoms with Crippen molar-refractivity contribution >= 4 is 35.5 Å². The van der Waals surface area contributed by atoms with Crippen molar-refractivity contribution in [3.05, 3.63) is 46.3 Å². The van der Waals surface area contributed by atoms with Gasteiger partial charge >= 0.3 is 11.9 Å². The van der Waals surface area contributed by atoms with Gasteiger partial charge in [-0.1, -0.05) is 0 Å². The van der Waals surface area contributed by atoms with Gasteiger partial charge in [-0.3, -0.25) is 0 Å². The number of hydrogen-bond donors (Lipinski definition) is 2. The lowest BCUT2D eigenvalue weighted by atomic mass is 10.2. The maximum Gasteiger partial charge on any atom is 0.374 e. The highest BCUT2D eigenvalue weighted by atomic mass is 32.2. The molecule has 0 unspecified atom stereocenters. The van der Waals surface area contributed by atoms with E-state index in [9.17, 15) is 19.8 Å². The third-order valence-electron chi connectivity index (χ3n) is 4.53. The Hall–Kier alpha value is -1.88. The summed E-state index contributed by atoms with van der Waals surface area (Å²) in [5, 5.41) is 20.5. The molecule has 2 N–H and O–H groups in total. The highest BCUT2D eigenvalue weighted by Crippen LogP contribution is 2.24. The van der Waals surface area contributed by atoms with E-state index in [0.717, 1.165) is 11.1 Å². The maximum absolute atomic E-state index is 11.7. The van der Waals surface area contributed by atoms with E-state index < -0.39 is 24.1 Å². The molecule has 0 fully saturated rings. The summed E-state index contributed by atoms with van der Waals surface area (Å²) in [5.41, 5.74) is 1.70. The lowest BCUT2D eigenvalue weighted by molar-refractivity contribution is 0.0480. The minimum atomic E-state index is -0.898. The number of rotatable bonds is 13. The molecule has 2 atom stereocenters. The van der Waals surface area contributed by atoms with Crippen LogP contribution < -0.4 is 0 Å². The van der Waals surface area contributed by atoms with Crippen LogP contribution in [0.1, 0.15) is 57.6 Å². The molecule has 8 nitrogen and oxygen atoms in total. The summed E-state index contributed by atoms with van der Waals surface area (Å²) < 4.78 is 20.7. The third-order valence-corrected chi connectivity index (χ3v) is 6.72. The first-order valence-electron chi connectivity index (χ1n) is 10.3. The second-order valence-electron chi connectivity index (χ2n) is 6.99. The molecular formula is C22H30O8S2. The summed E-state index contributed by atoms with van der Waals surface area (Å²) in [6.45, 7) is 7.55. The summed E-state index contributed by atoms with van der Waals surface area (Å²) >= 11 is 2.88. The standard InChI is InChI=1S/C22H30O8S2/c1-5-27-21(25)19-7-15(13(3)29-19)9-31-11-17(23)18(24)12-32-10-16-8-20(30-14(16)4)22(26)28-6-2/h7-8,17-18,23-24H,5-6,9-12H2,1-4H3/t17-,18-/m1/s1. The summed E-state index contributed by atoms with van der Waals surface area (Å²) in [5.74, 6) is 2.33. The fourth-order valence-electron chi connectivity index (χ4n) is 2.73. The van der Waals surface area contributed by atoms with Crippen LogP contribution in [0.15, 0.2) is 21.0 Å². The Morgan fingerprint density at radius 2 is 1.22 bits per heavy atom. The molecule has 0 aromatic carbocycles. The lowest BCUT2D eigenvalue weighted by Crippen LogP contribution is -2.30.